The van der Waals surface area contributed by atoms with Crippen LogP contribution in [0.2, 0.25) is 0 Å². The Kier molecular flexibility index (Phi) is 14.3. The third-order valence-electron chi connectivity index (χ3n) is 5.31. The molecule has 0 spiro atoms. The molecule has 0 unspecified atom stereocenters. The van der Waals surface area contributed by atoms with E-state index < -0.39 is 0 Å². The standard InChI is InChI=1S/C22H39N2O2.BrH/c1-5-9-16-23(17-10-6-2)22(25)26-19-18-24(7-3,8-4)20-21-14-12-11-13-15-21;/h11-15H,5-10,16-20H2,1-4H3;1H/q+1;/p-1. The van der Waals surface area contributed by atoms with Gasteiger partial charge in [-0.3, -0.25) is 0 Å². The van der Waals surface area contributed by atoms with Crippen molar-refractivity contribution in [1.29, 1.82) is 0 Å². The van der Waals surface area contributed by atoms with Crippen LogP contribution in [0.15, 0.2) is 30.3 Å². The minimum absolute atomic E-state index is 0. The Morgan fingerprint density at radius 1 is 0.963 bits per heavy atom. The van der Waals surface area contributed by atoms with Gasteiger partial charge < -0.3 is 31.1 Å². The van der Waals surface area contributed by atoms with Crippen molar-refractivity contribution in [3.05, 3.63) is 35.9 Å². The largest absolute Gasteiger partial charge is 1.00 e. The fraction of sp³-hybridized carbons (Fsp3) is 0.682. The molecule has 156 valence electrons. The summed E-state index contributed by atoms with van der Waals surface area (Å²) in [6.45, 7) is 14.8. The number of rotatable bonds is 13. The zero-order valence-corrected chi connectivity index (χ0v) is 19.3. The molecule has 0 aliphatic carbocycles. The van der Waals surface area contributed by atoms with E-state index in [0.717, 1.165) is 69.4 Å². The highest BCUT2D eigenvalue weighted by Crippen LogP contribution is 2.14. The van der Waals surface area contributed by atoms with Gasteiger partial charge in [0.1, 0.15) is 19.7 Å². The molecule has 4 nitrogen and oxygen atoms in total. The highest BCUT2D eigenvalue weighted by molar-refractivity contribution is 5.67. The first-order valence-electron chi connectivity index (χ1n) is 10.4. The molecule has 1 amide bonds. The number of quaternary nitrogens is 1. The van der Waals surface area contributed by atoms with Crippen LogP contribution in [0, 0.1) is 0 Å². The molecule has 0 saturated heterocycles. The third-order valence-corrected chi connectivity index (χ3v) is 5.31. The van der Waals surface area contributed by atoms with Gasteiger partial charge in [-0.25, -0.2) is 4.79 Å². The second-order valence-corrected chi connectivity index (χ2v) is 7.15. The van der Waals surface area contributed by atoms with Crippen LogP contribution in [-0.4, -0.2) is 54.8 Å². The van der Waals surface area contributed by atoms with Crippen molar-refractivity contribution >= 4 is 6.09 Å². The van der Waals surface area contributed by atoms with Crippen molar-refractivity contribution in [2.45, 2.75) is 59.9 Å². The van der Waals surface area contributed by atoms with E-state index in [1.807, 2.05) is 4.90 Å². The van der Waals surface area contributed by atoms with Gasteiger partial charge in [0.2, 0.25) is 0 Å². The normalized spacial score (nSPS) is 11.0. The van der Waals surface area contributed by atoms with Crippen LogP contribution in [0.5, 0.6) is 0 Å². The number of likely N-dealkylation sites (N-methyl/N-ethyl adjacent to an activating group) is 1. The fourth-order valence-corrected chi connectivity index (χ4v) is 3.22. The molecule has 0 radical (unpaired) electrons. The molecule has 27 heavy (non-hydrogen) atoms. The summed E-state index contributed by atoms with van der Waals surface area (Å²) in [6.07, 6.45) is 4.13. The number of amides is 1. The van der Waals surface area contributed by atoms with Crippen molar-refractivity contribution in [2.75, 3.05) is 39.3 Å². The second kappa shape index (κ2) is 14.9. The molecule has 0 bridgehead atoms. The SMILES string of the molecule is CCCCN(CCCC)C(=O)OCC[N+](CC)(CC)Cc1ccccc1.[Br-]. The molecule has 1 aromatic carbocycles. The van der Waals surface area contributed by atoms with E-state index in [1.165, 1.54) is 5.56 Å². The van der Waals surface area contributed by atoms with Crippen molar-refractivity contribution in [1.82, 2.24) is 4.90 Å². The van der Waals surface area contributed by atoms with Gasteiger partial charge in [0.25, 0.3) is 0 Å². The molecule has 0 aliphatic heterocycles. The van der Waals surface area contributed by atoms with Crippen LogP contribution in [0.3, 0.4) is 0 Å². The van der Waals surface area contributed by atoms with Crippen molar-refractivity contribution in [3.63, 3.8) is 0 Å². The summed E-state index contributed by atoms with van der Waals surface area (Å²) in [5.41, 5.74) is 1.34. The number of carbonyl (C=O) groups is 1. The Morgan fingerprint density at radius 2 is 1.52 bits per heavy atom. The van der Waals surface area contributed by atoms with Crippen molar-refractivity contribution < 1.29 is 31.0 Å². The van der Waals surface area contributed by atoms with E-state index in [-0.39, 0.29) is 23.1 Å². The second-order valence-electron chi connectivity index (χ2n) is 7.15. The number of ether oxygens (including phenoxy) is 1. The first-order valence-corrected chi connectivity index (χ1v) is 10.4. The molecule has 0 atom stereocenters. The minimum Gasteiger partial charge on any atom is -1.00 e. The van der Waals surface area contributed by atoms with Gasteiger partial charge in [0.05, 0.1) is 13.1 Å². The van der Waals surface area contributed by atoms with Gasteiger partial charge in [-0.1, -0.05) is 57.0 Å². The smallest absolute Gasteiger partial charge is 0.409 e. The van der Waals surface area contributed by atoms with Crippen molar-refractivity contribution in [3.8, 4) is 0 Å². The number of carbonyl (C=O) groups excluding carboxylic acids is 1. The Balaban J connectivity index is 0.00000676. The predicted molar refractivity (Wildman–Crippen MR) is 109 cm³/mol. The van der Waals surface area contributed by atoms with Gasteiger partial charge in [-0.15, -0.1) is 0 Å². The lowest BCUT2D eigenvalue weighted by Gasteiger charge is -2.37. The van der Waals surface area contributed by atoms with Crippen LogP contribution < -0.4 is 17.0 Å². The fourth-order valence-electron chi connectivity index (χ4n) is 3.22. The molecule has 0 aromatic heterocycles. The molecule has 1 aromatic rings. The molecule has 0 heterocycles. The van der Waals surface area contributed by atoms with E-state index in [9.17, 15) is 4.79 Å². The number of benzene rings is 1. The van der Waals surface area contributed by atoms with E-state index in [2.05, 4.69) is 58.0 Å². The van der Waals surface area contributed by atoms with E-state index in [1.54, 1.807) is 0 Å². The number of unbranched alkanes of at least 4 members (excludes halogenated alkanes) is 2. The molecule has 0 fully saturated rings. The Labute approximate surface area is 177 Å². The zero-order valence-electron chi connectivity index (χ0n) is 17.8. The summed E-state index contributed by atoms with van der Waals surface area (Å²) in [5, 5.41) is 0. The highest BCUT2D eigenvalue weighted by atomic mass is 79.9. The summed E-state index contributed by atoms with van der Waals surface area (Å²) in [4.78, 5) is 14.4. The van der Waals surface area contributed by atoms with Gasteiger partial charge in [-0.05, 0) is 26.7 Å². The number of halogens is 1. The molecule has 0 N–H and O–H groups in total. The number of nitrogens with zero attached hydrogens (tertiary/aromatic N) is 2. The Bertz CT molecular complexity index is 484. The minimum atomic E-state index is -0.142. The lowest BCUT2D eigenvalue weighted by Crippen LogP contribution is -3.00. The summed E-state index contributed by atoms with van der Waals surface area (Å²) in [5.74, 6) is 0. The van der Waals surface area contributed by atoms with Crippen molar-refractivity contribution in [2.24, 2.45) is 0 Å². The molecule has 1 rings (SSSR count). The third kappa shape index (κ3) is 9.61. The predicted octanol–water partition coefficient (Wildman–Crippen LogP) is 2.09. The van der Waals surface area contributed by atoms with Gasteiger partial charge in [-0.2, -0.15) is 0 Å². The van der Waals surface area contributed by atoms with Crippen LogP contribution in [0.25, 0.3) is 0 Å². The summed E-state index contributed by atoms with van der Waals surface area (Å²) in [7, 11) is 0. The number of hydrogen-bond donors (Lipinski definition) is 0. The quantitative estimate of drug-likeness (QED) is 0.437. The van der Waals surface area contributed by atoms with E-state index >= 15 is 0 Å². The maximum absolute atomic E-state index is 12.5. The van der Waals surface area contributed by atoms with Gasteiger partial charge in [0, 0.05) is 18.7 Å². The topological polar surface area (TPSA) is 29.5 Å². The maximum atomic E-state index is 12.5. The van der Waals surface area contributed by atoms with Crippen LogP contribution in [0.4, 0.5) is 4.79 Å². The molecule has 0 aliphatic rings. The molecule has 5 heteroatoms. The average Bonchev–Trinajstić information content (AvgIpc) is 2.68. The van der Waals surface area contributed by atoms with Crippen LogP contribution in [0.1, 0.15) is 58.9 Å². The van der Waals surface area contributed by atoms with E-state index in [0.29, 0.717) is 6.61 Å². The first-order chi connectivity index (χ1) is 12.6. The first kappa shape index (κ1) is 25.9. The number of hydrogen-bond acceptors (Lipinski definition) is 2. The summed E-state index contributed by atoms with van der Waals surface area (Å²) >= 11 is 0. The van der Waals surface area contributed by atoms with Crippen LogP contribution in [-0.2, 0) is 11.3 Å². The lowest BCUT2D eigenvalue weighted by atomic mass is 10.2. The molecular weight excluding hydrogens is 404 g/mol. The summed E-state index contributed by atoms with van der Waals surface area (Å²) < 4.78 is 6.61. The Morgan fingerprint density at radius 3 is 2.00 bits per heavy atom. The van der Waals surface area contributed by atoms with E-state index in [4.69, 9.17) is 4.74 Å². The summed E-state index contributed by atoms with van der Waals surface area (Å²) in [6, 6.07) is 10.6. The van der Waals surface area contributed by atoms with Gasteiger partial charge in [0.15, 0.2) is 0 Å². The Hall–Kier alpha value is -1.07. The average molecular weight is 443 g/mol. The molecule has 0 saturated carbocycles. The monoisotopic (exact) mass is 442 g/mol. The maximum Gasteiger partial charge on any atom is 0.409 e. The highest BCUT2D eigenvalue weighted by Gasteiger charge is 2.25. The zero-order chi connectivity index (χ0) is 19.3. The molecular formula is C22H39BrN2O2. The van der Waals surface area contributed by atoms with Gasteiger partial charge >= 0.3 is 6.09 Å². The van der Waals surface area contributed by atoms with Crippen LogP contribution >= 0.6 is 0 Å². The lowest BCUT2D eigenvalue weighted by molar-refractivity contribution is -0.937.